The Morgan fingerprint density at radius 2 is 0.851 bits per heavy atom. The van der Waals surface area contributed by atoms with Crippen molar-refractivity contribution in [2.45, 2.75) is 131 Å². The number of hydrogen-bond donors (Lipinski definition) is 2. The quantitative estimate of drug-likeness (QED) is 0.0343. The second-order valence-electron chi connectivity index (χ2n) is 19.6. The van der Waals surface area contributed by atoms with E-state index in [9.17, 15) is 19.8 Å². The van der Waals surface area contributed by atoms with E-state index in [1.807, 2.05) is 142 Å². The van der Waals surface area contributed by atoms with E-state index in [0.717, 1.165) is 46.6 Å². The second kappa shape index (κ2) is 31.0. The van der Waals surface area contributed by atoms with Gasteiger partial charge in [0, 0.05) is 59.4 Å². The lowest BCUT2D eigenvalue weighted by molar-refractivity contribution is -0.261. The molecular formula is C58H82N4O12-2. The van der Waals surface area contributed by atoms with Crippen LogP contribution in [0, 0.1) is 11.8 Å². The van der Waals surface area contributed by atoms with E-state index in [-0.39, 0.29) is 23.7 Å². The maximum atomic E-state index is 13.2. The summed E-state index contributed by atoms with van der Waals surface area (Å²) >= 11 is 0. The predicted molar refractivity (Wildman–Crippen MR) is 287 cm³/mol. The van der Waals surface area contributed by atoms with Crippen LogP contribution in [0.5, 0.6) is 34.5 Å². The third-order valence-electron chi connectivity index (χ3n) is 11.4. The topological polar surface area (TPSA) is 203 Å². The molecule has 0 saturated carbocycles. The minimum atomic E-state index is -0.556. The SMILES string of the molecule is CCOc1ccc(C(NC(=O)C(C)CCCCN=C([O-])OC(C)(C)C)c2ccc(OC)cc2OC)cc1.CCOc1ccc(C(NC(=O)C(C)CCCCN=C([O-])OC(C)(C)C)c2ccc(OC)cc2OC)cc1. The standard InChI is InChI=1S/2C29H42N2O6/c2*1-8-36-22-14-12-21(13-15-22)26(24-17-16-23(34-6)19-25(24)35-7)31-27(32)20(2)11-9-10-18-30-28(33)37-29(3,4)5/h2*12-17,19-20,26H,8-11,18H2,1-7H3,(H,30,33)(H,31,32)/p-2. The third-order valence-corrected chi connectivity index (χ3v) is 11.4. The van der Waals surface area contributed by atoms with Gasteiger partial charge in [-0.15, -0.1) is 0 Å². The van der Waals surface area contributed by atoms with Gasteiger partial charge in [-0.3, -0.25) is 19.6 Å². The van der Waals surface area contributed by atoms with Gasteiger partial charge in [0.2, 0.25) is 11.8 Å². The summed E-state index contributed by atoms with van der Waals surface area (Å²) in [5.74, 6) is 3.52. The molecule has 4 unspecified atom stereocenters. The average molecular weight is 1030 g/mol. The molecule has 4 atom stereocenters. The van der Waals surface area contributed by atoms with E-state index in [1.165, 1.54) is 0 Å². The minimum absolute atomic E-state index is 0.0687. The molecule has 2 N–H and O–H groups in total. The number of methoxy groups -OCH3 is 4. The summed E-state index contributed by atoms with van der Waals surface area (Å²) in [6.07, 6.45) is 3.17. The molecule has 16 nitrogen and oxygen atoms in total. The molecule has 0 aliphatic carbocycles. The van der Waals surface area contributed by atoms with Crippen molar-refractivity contribution in [1.29, 1.82) is 0 Å². The number of nitrogens with one attached hydrogen (secondary N) is 2. The number of benzene rings is 4. The van der Waals surface area contributed by atoms with Crippen LogP contribution in [-0.4, -0.2) is 89.9 Å². The Morgan fingerprint density at radius 1 is 0.514 bits per heavy atom. The number of ether oxygens (including phenoxy) is 8. The van der Waals surface area contributed by atoms with Crippen molar-refractivity contribution < 1.29 is 57.7 Å². The molecule has 4 aromatic carbocycles. The maximum Gasteiger partial charge on any atom is 0.223 e. The van der Waals surface area contributed by atoms with Crippen LogP contribution in [-0.2, 0) is 19.1 Å². The first-order valence-corrected chi connectivity index (χ1v) is 25.5. The van der Waals surface area contributed by atoms with Gasteiger partial charge in [-0.2, -0.15) is 0 Å². The van der Waals surface area contributed by atoms with E-state index >= 15 is 0 Å². The lowest BCUT2D eigenvalue weighted by Gasteiger charge is -2.29. The first kappa shape index (κ1) is 61.5. The molecule has 0 saturated heterocycles. The lowest BCUT2D eigenvalue weighted by atomic mass is 9.95. The zero-order valence-electron chi connectivity index (χ0n) is 46.3. The first-order chi connectivity index (χ1) is 35.1. The smallest absolute Gasteiger partial charge is 0.223 e. The summed E-state index contributed by atoms with van der Waals surface area (Å²) in [6, 6.07) is 25.6. The Balaban J connectivity index is 0.000000390. The number of amides is 2. The van der Waals surface area contributed by atoms with E-state index in [0.29, 0.717) is 75.0 Å². The lowest BCUT2D eigenvalue weighted by Crippen LogP contribution is -2.33. The summed E-state index contributed by atoms with van der Waals surface area (Å²) in [5.41, 5.74) is 2.35. The molecule has 0 aliphatic rings. The highest BCUT2D eigenvalue weighted by atomic mass is 16.6. The molecule has 0 aromatic heterocycles. The highest BCUT2D eigenvalue weighted by Gasteiger charge is 2.26. The molecule has 0 radical (unpaired) electrons. The van der Waals surface area contributed by atoms with Gasteiger partial charge in [0.05, 0.1) is 53.7 Å². The van der Waals surface area contributed by atoms with Crippen molar-refractivity contribution in [2.75, 3.05) is 54.7 Å². The fourth-order valence-corrected chi connectivity index (χ4v) is 7.53. The van der Waals surface area contributed by atoms with Crippen molar-refractivity contribution in [3.8, 4) is 34.5 Å². The van der Waals surface area contributed by atoms with Crippen LogP contribution in [0.1, 0.15) is 142 Å². The van der Waals surface area contributed by atoms with Gasteiger partial charge in [-0.25, -0.2) is 0 Å². The van der Waals surface area contributed by atoms with Crippen LogP contribution in [0.4, 0.5) is 0 Å². The number of carbonyl (C=O) groups excluding carboxylic acids is 2. The van der Waals surface area contributed by atoms with Crippen molar-refractivity contribution in [1.82, 2.24) is 10.6 Å². The average Bonchev–Trinajstić information content (AvgIpc) is 3.36. The molecule has 0 fully saturated rings. The Bertz CT molecular complexity index is 2190. The number of unbranched alkanes of at least 4 members (excludes halogenated alkanes) is 2. The van der Waals surface area contributed by atoms with E-state index in [1.54, 1.807) is 40.6 Å². The van der Waals surface area contributed by atoms with Crippen molar-refractivity contribution >= 4 is 24.0 Å². The van der Waals surface area contributed by atoms with Gasteiger partial charge in [-0.05, 0) is 99.2 Å². The first-order valence-electron chi connectivity index (χ1n) is 25.5. The number of rotatable bonds is 26. The Hall–Kier alpha value is -6.84. The normalized spacial score (nSPS) is 13.4. The summed E-state index contributed by atoms with van der Waals surface area (Å²) in [4.78, 5) is 34.3. The zero-order chi connectivity index (χ0) is 54.8. The van der Waals surface area contributed by atoms with Crippen LogP contribution in [0.25, 0.3) is 0 Å². The Kier molecular flexibility index (Phi) is 25.8. The van der Waals surface area contributed by atoms with E-state index in [2.05, 4.69) is 20.6 Å². The summed E-state index contributed by atoms with van der Waals surface area (Å²) in [7, 11) is 6.39. The van der Waals surface area contributed by atoms with Gasteiger partial charge < -0.3 is 58.7 Å². The van der Waals surface area contributed by atoms with Crippen LogP contribution < -0.4 is 49.3 Å². The number of carbonyl (C=O) groups is 2. The largest absolute Gasteiger partial charge is 0.595 e. The third kappa shape index (κ3) is 21.7. The number of nitrogens with zero attached hydrogens (tertiary/aromatic N) is 2. The Labute approximate surface area is 440 Å². The monoisotopic (exact) mass is 1030 g/mol. The van der Waals surface area contributed by atoms with Gasteiger partial charge in [0.15, 0.2) is 0 Å². The molecule has 0 spiro atoms. The molecule has 16 heteroatoms. The van der Waals surface area contributed by atoms with E-state index < -0.39 is 35.5 Å². The second-order valence-corrected chi connectivity index (χ2v) is 19.6. The molecular weight excluding hydrogens is 945 g/mol. The van der Waals surface area contributed by atoms with Crippen LogP contribution in [0.15, 0.2) is 94.9 Å². The van der Waals surface area contributed by atoms with Gasteiger partial charge in [0.25, 0.3) is 0 Å². The highest BCUT2D eigenvalue weighted by Crippen LogP contribution is 2.36. The van der Waals surface area contributed by atoms with Crippen molar-refractivity contribution in [3.63, 3.8) is 0 Å². The molecule has 4 aromatic rings. The molecule has 4 rings (SSSR count). The van der Waals surface area contributed by atoms with Gasteiger partial charge in [0.1, 0.15) is 46.7 Å². The number of hydrogen-bond acceptors (Lipinski definition) is 14. The molecule has 74 heavy (non-hydrogen) atoms. The fraction of sp³-hybridized carbons (Fsp3) is 0.517. The molecule has 408 valence electrons. The molecule has 0 aliphatic heterocycles. The summed E-state index contributed by atoms with van der Waals surface area (Å²) < 4.78 is 43.5. The number of aliphatic imine (C=N–C) groups is 2. The molecule has 2 amide bonds. The van der Waals surface area contributed by atoms with Crippen molar-refractivity contribution in [2.24, 2.45) is 21.8 Å². The zero-order valence-corrected chi connectivity index (χ0v) is 46.3. The van der Waals surface area contributed by atoms with E-state index in [4.69, 9.17) is 37.9 Å². The van der Waals surface area contributed by atoms with Gasteiger partial charge >= 0.3 is 0 Å². The minimum Gasteiger partial charge on any atom is -0.595 e. The predicted octanol–water partition coefficient (Wildman–Crippen LogP) is 9.29. The summed E-state index contributed by atoms with van der Waals surface area (Å²) in [5, 5.41) is 29.9. The molecule has 0 heterocycles. The highest BCUT2D eigenvalue weighted by molar-refractivity contribution is 5.80. The maximum absolute atomic E-state index is 13.2. The fourth-order valence-electron chi connectivity index (χ4n) is 7.53. The van der Waals surface area contributed by atoms with Crippen molar-refractivity contribution in [3.05, 3.63) is 107 Å². The molecule has 0 bridgehead atoms. The van der Waals surface area contributed by atoms with Crippen LogP contribution in [0.3, 0.4) is 0 Å². The van der Waals surface area contributed by atoms with Gasteiger partial charge in [-0.1, -0.05) is 92.5 Å². The summed E-state index contributed by atoms with van der Waals surface area (Å²) in [6.45, 7) is 20.4. The Morgan fingerprint density at radius 3 is 1.15 bits per heavy atom. The van der Waals surface area contributed by atoms with Crippen LogP contribution in [0.2, 0.25) is 0 Å². The van der Waals surface area contributed by atoms with Crippen LogP contribution >= 0.6 is 0 Å².